The first-order valence-corrected chi connectivity index (χ1v) is 4.20. The maximum atomic E-state index is 10.3. The average molecular weight is 196 g/mol. The lowest BCUT2D eigenvalue weighted by Crippen LogP contribution is -2.05. The largest absolute Gasteiger partial charge is 0.508 e. The highest BCUT2D eigenvalue weighted by Crippen LogP contribution is 2.23. The number of phenolic OH excluding ortho intramolecular Hbond substituents is 1. The van der Waals surface area contributed by atoms with Gasteiger partial charge in [0.1, 0.15) is 5.75 Å². The summed E-state index contributed by atoms with van der Waals surface area (Å²) in [5.74, 6) is -1.01. The Morgan fingerprint density at radius 1 is 1.50 bits per heavy atom. The predicted molar refractivity (Wildman–Crippen MR) is 50.1 cm³/mol. The van der Waals surface area contributed by atoms with E-state index in [9.17, 15) is 15.0 Å². The Morgan fingerprint density at radius 3 is 2.64 bits per heavy atom. The summed E-state index contributed by atoms with van der Waals surface area (Å²) >= 11 is 0. The number of carboxylic acid groups (broad SMARTS) is 1. The molecule has 4 nitrogen and oxygen atoms in total. The van der Waals surface area contributed by atoms with E-state index in [0.29, 0.717) is 11.1 Å². The lowest BCUT2D eigenvalue weighted by Gasteiger charge is -2.09. The van der Waals surface area contributed by atoms with Crippen molar-refractivity contribution in [3.8, 4) is 5.75 Å². The van der Waals surface area contributed by atoms with Crippen molar-refractivity contribution in [2.24, 2.45) is 0 Å². The van der Waals surface area contributed by atoms with Crippen molar-refractivity contribution in [3.05, 3.63) is 29.3 Å². The van der Waals surface area contributed by atoms with Gasteiger partial charge in [-0.3, -0.25) is 4.79 Å². The third-order valence-corrected chi connectivity index (χ3v) is 1.99. The van der Waals surface area contributed by atoms with Crippen molar-refractivity contribution in [1.82, 2.24) is 0 Å². The second kappa shape index (κ2) is 4.11. The molecule has 1 atom stereocenters. The monoisotopic (exact) mass is 196 g/mol. The molecule has 0 radical (unpaired) electrons. The number of aliphatic carboxylic acids is 1. The predicted octanol–water partition coefficient (Wildman–Crippen LogP) is 1.21. The Bertz CT molecular complexity index is 346. The summed E-state index contributed by atoms with van der Waals surface area (Å²) in [6, 6.07) is 4.61. The number of hydrogen-bond acceptors (Lipinski definition) is 3. The van der Waals surface area contributed by atoms with Gasteiger partial charge in [-0.05, 0) is 24.1 Å². The van der Waals surface area contributed by atoms with Crippen molar-refractivity contribution in [2.75, 3.05) is 0 Å². The number of phenols is 1. The van der Waals surface area contributed by atoms with Gasteiger partial charge in [-0.15, -0.1) is 0 Å². The van der Waals surface area contributed by atoms with Crippen LogP contribution in [0.1, 0.15) is 23.7 Å². The van der Waals surface area contributed by atoms with Crippen LogP contribution < -0.4 is 0 Å². The van der Waals surface area contributed by atoms with E-state index in [1.807, 2.05) is 0 Å². The average Bonchev–Trinajstić information content (AvgIpc) is 2.08. The molecule has 76 valence electrons. The zero-order valence-corrected chi connectivity index (χ0v) is 7.77. The molecule has 1 unspecified atom stereocenters. The minimum atomic E-state index is -1.07. The Balaban J connectivity index is 2.85. The van der Waals surface area contributed by atoms with E-state index in [-0.39, 0.29) is 12.2 Å². The number of aliphatic hydroxyl groups excluding tert-OH is 1. The van der Waals surface area contributed by atoms with Gasteiger partial charge in [0.25, 0.3) is 0 Å². The fourth-order valence-electron chi connectivity index (χ4n) is 1.12. The van der Waals surface area contributed by atoms with Crippen LogP contribution in [0.4, 0.5) is 0 Å². The van der Waals surface area contributed by atoms with Gasteiger partial charge < -0.3 is 15.3 Å². The minimum Gasteiger partial charge on any atom is -0.508 e. The van der Waals surface area contributed by atoms with Crippen LogP contribution in [0.25, 0.3) is 0 Å². The van der Waals surface area contributed by atoms with E-state index < -0.39 is 12.1 Å². The van der Waals surface area contributed by atoms with E-state index in [2.05, 4.69) is 0 Å². The van der Waals surface area contributed by atoms with E-state index in [0.717, 1.165) is 0 Å². The highest BCUT2D eigenvalue weighted by molar-refractivity contribution is 5.67. The number of hydrogen-bond donors (Lipinski definition) is 3. The molecule has 0 fully saturated rings. The summed E-state index contributed by atoms with van der Waals surface area (Å²) in [5, 5.41) is 27.2. The second-order valence-electron chi connectivity index (χ2n) is 3.16. The summed E-state index contributed by atoms with van der Waals surface area (Å²) < 4.78 is 0. The summed E-state index contributed by atoms with van der Waals surface area (Å²) in [6.45, 7) is 1.72. The van der Waals surface area contributed by atoms with E-state index in [1.54, 1.807) is 19.1 Å². The van der Waals surface area contributed by atoms with Gasteiger partial charge >= 0.3 is 5.97 Å². The van der Waals surface area contributed by atoms with Crippen LogP contribution in [-0.2, 0) is 4.79 Å². The molecule has 0 aliphatic heterocycles. The van der Waals surface area contributed by atoms with Crippen LogP contribution in [0.5, 0.6) is 5.75 Å². The number of carbonyl (C=O) groups is 1. The van der Waals surface area contributed by atoms with Gasteiger partial charge in [0.2, 0.25) is 0 Å². The minimum absolute atomic E-state index is 0.0620. The first kappa shape index (κ1) is 10.5. The first-order valence-electron chi connectivity index (χ1n) is 4.20. The molecule has 3 N–H and O–H groups in total. The van der Waals surface area contributed by atoms with Gasteiger partial charge in [0, 0.05) is 0 Å². The van der Waals surface area contributed by atoms with Crippen molar-refractivity contribution in [1.29, 1.82) is 0 Å². The smallest absolute Gasteiger partial charge is 0.306 e. The van der Waals surface area contributed by atoms with Crippen molar-refractivity contribution < 1.29 is 20.1 Å². The summed E-state index contributed by atoms with van der Waals surface area (Å²) in [7, 11) is 0. The first-order chi connectivity index (χ1) is 6.50. The highest BCUT2D eigenvalue weighted by Gasteiger charge is 2.12. The van der Waals surface area contributed by atoms with E-state index in [1.165, 1.54) is 6.07 Å². The molecule has 0 heterocycles. The van der Waals surface area contributed by atoms with Gasteiger partial charge in [-0.2, -0.15) is 0 Å². The quantitative estimate of drug-likeness (QED) is 0.679. The van der Waals surface area contributed by atoms with Gasteiger partial charge in [0.05, 0.1) is 12.5 Å². The Labute approximate surface area is 81.4 Å². The Hall–Kier alpha value is -1.55. The number of aryl methyl sites for hydroxylation is 1. The maximum Gasteiger partial charge on any atom is 0.306 e. The van der Waals surface area contributed by atoms with Crippen LogP contribution in [-0.4, -0.2) is 21.3 Å². The molecule has 0 spiro atoms. The molecule has 0 saturated heterocycles. The lowest BCUT2D eigenvalue weighted by molar-refractivity contribution is -0.139. The van der Waals surface area contributed by atoms with Crippen LogP contribution in [0.2, 0.25) is 0 Å². The summed E-state index contributed by atoms with van der Waals surface area (Å²) in [6.07, 6.45) is -1.43. The normalized spacial score (nSPS) is 12.4. The number of aliphatic hydroxyl groups is 1. The Kier molecular flexibility index (Phi) is 3.09. The molecule has 0 saturated carbocycles. The summed E-state index contributed by atoms with van der Waals surface area (Å²) in [4.78, 5) is 10.3. The van der Waals surface area contributed by atoms with Crippen molar-refractivity contribution in [3.63, 3.8) is 0 Å². The molecular formula is C10H12O4. The zero-order valence-electron chi connectivity index (χ0n) is 7.77. The van der Waals surface area contributed by atoms with Crippen LogP contribution >= 0.6 is 0 Å². The van der Waals surface area contributed by atoms with Crippen molar-refractivity contribution in [2.45, 2.75) is 19.4 Å². The van der Waals surface area contributed by atoms with Crippen LogP contribution in [0, 0.1) is 6.92 Å². The topological polar surface area (TPSA) is 77.8 Å². The molecule has 14 heavy (non-hydrogen) atoms. The number of aromatic hydroxyl groups is 1. The number of benzene rings is 1. The molecule has 1 rings (SSSR count). The molecule has 4 heteroatoms. The molecule has 0 aromatic heterocycles. The molecular weight excluding hydrogens is 184 g/mol. The second-order valence-corrected chi connectivity index (χ2v) is 3.16. The number of carboxylic acids is 1. The van der Waals surface area contributed by atoms with Gasteiger partial charge in [-0.1, -0.05) is 12.1 Å². The molecule has 0 aliphatic carbocycles. The molecule has 1 aromatic rings. The highest BCUT2D eigenvalue weighted by atomic mass is 16.4. The van der Waals surface area contributed by atoms with Crippen LogP contribution in [0.3, 0.4) is 0 Å². The number of rotatable bonds is 3. The standard InChI is InChI=1S/C10H12O4/c1-6-2-3-7(4-8(6)11)9(12)5-10(13)14/h2-4,9,11-12H,5H2,1H3,(H,13,14). The summed E-state index contributed by atoms with van der Waals surface area (Å²) in [5.41, 5.74) is 1.10. The maximum absolute atomic E-state index is 10.3. The SMILES string of the molecule is Cc1ccc(C(O)CC(=O)O)cc1O. The third kappa shape index (κ3) is 2.47. The zero-order chi connectivity index (χ0) is 10.7. The third-order valence-electron chi connectivity index (χ3n) is 1.99. The molecule has 0 aliphatic rings. The van der Waals surface area contributed by atoms with Gasteiger partial charge in [0.15, 0.2) is 0 Å². The van der Waals surface area contributed by atoms with E-state index in [4.69, 9.17) is 5.11 Å². The molecule has 0 amide bonds. The fraction of sp³-hybridized carbons (Fsp3) is 0.300. The lowest BCUT2D eigenvalue weighted by atomic mass is 10.0. The fourth-order valence-corrected chi connectivity index (χ4v) is 1.12. The van der Waals surface area contributed by atoms with Crippen molar-refractivity contribution >= 4 is 5.97 Å². The van der Waals surface area contributed by atoms with Crippen LogP contribution in [0.15, 0.2) is 18.2 Å². The Morgan fingerprint density at radius 2 is 2.14 bits per heavy atom. The van der Waals surface area contributed by atoms with Gasteiger partial charge in [-0.25, -0.2) is 0 Å². The van der Waals surface area contributed by atoms with E-state index >= 15 is 0 Å². The molecule has 0 bridgehead atoms. The molecule has 1 aromatic carbocycles.